The molecule has 4 N–H and O–H groups in total. The van der Waals surface area contributed by atoms with Crippen LogP contribution in [-0.4, -0.2) is 30.3 Å². The molecule has 0 spiro atoms. The highest BCUT2D eigenvalue weighted by Crippen LogP contribution is 2.03. The van der Waals surface area contributed by atoms with Crippen molar-refractivity contribution in [2.45, 2.75) is 19.1 Å². The lowest BCUT2D eigenvalue weighted by molar-refractivity contribution is 0.199. The predicted molar refractivity (Wildman–Crippen MR) is 50.6 cm³/mol. The van der Waals surface area contributed by atoms with E-state index in [9.17, 15) is 4.79 Å². The Morgan fingerprint density at radius 3 is 3.00 bits per heavy atom. The largest absolute Gasteiger partial charge is 0.323 e. The van der Waals surface area contributed by atoms with Gasteiger partial charge in [0.05, 0.1) is 0 Å². The molecule has 0 aromatic rings. The Morgan fingerprint density at radius 2 is 2.46 bits per heavy atom. The summed E-state index contributed by atoms with van der Waals surface area (Å²) in [6.45, 7) is 2.81. The number of carbonyl (C=O) groups is 1. The summed E-state index contributed by atoms with van der Waals surface area (Å²) in [5.41, 5.74) is 5.84. The average Bonchev–Trinajstić information content (AvgIpc) is 2.09. The summed E-state index contributed by atoms with van der Waals surface area (Å²) >= 11 is 0. The first-order valence-corrected chi connectivity index (χ1v) is 4.35. The molecule has 5 nitrogen and oxygen atoms in total. The number of carbonyl (C=O) groups excluding carboxylic acids is 1. The third-order valence-electron chi connectivity index (χ3n) is 1.86. The molecule has 0 aromatic carbocycles. The van der Waals surface area contributed by atoms with Crippen molar-refractivity contribution in [2.24, 2.45) is 5.73 Å². The highest BCUT2D eigenvalue weighted by Gasteiger charge is 2.27. The van der Waals surface area contributed by atoms with Gasteiger partial charge in [0.25, 0.3) is 0 Å². The standard InChI is InChI=1S/C8H16N4O/c1-3-5-10-8(9)4-6-12(2)7(13)11-8/h4,6,10H,3,5,9H2,1-2H3,(H,11,13). The van der Waals surface area contributed by atoms with Gasteiger partial charge in [-0.25, -0.2) is 4.79 Å². The fraction of sp³-hybridized carbons (Fsp3) is 0.625. The van der Waals surface area contributed by atoms with Gasteiger partial charge in [-0.1, -0.05) is 6.92 Å². The zero-order valence-electron chi connectivity index (χ0n) is 8.00. The molecule has 0 fully saturated rings. The Balaban J connectivity index is 2.60. The first-order chi connectivity index (χ1) is 6.07. The highest BCUT2D eigenvalue weighted by atomic mass is 16.2. The average molecular weight is 184 g/mol. The third kappa shape index (κ3) is 2.43. The maximum atomic E-state index is 11.2. The number of nitrogens with zero attached hydrogens (tertiary/aromatic N) is 1. The van der Waals surface area contributed by atoms with E-state index in [-0.39, 0.29) is 6.03 Å². The number of nitrogens with one attached hydrogen (secondary N) is 2. The second-order valence-electron chi connectivity index (χ2n) is 3.15. The van der Waals surface area contributed by atoms with Crippen LogP contribution in [0.4, 0.5) is 4.79 Å². The minimum absolute atomic E-state index is 0.200. The Kier molecular flexibility index (Phi) is 2.90. The van der Waals surface area contributed by atoms with E-state index in [4.69, 9.17) is 5.73 Å². The maximum Gasteiger partial charge on any atom is 0.323 e. The van der Waals surface area contributed by atoms with Gasteiger partial charge >= 0.3 is 6.03 Å². The van der Waals surface area contributed by atoms with Crippen molar-refractivity contribution in [3.63, 3.8) is 0 Å². The number of amides is 2. The molecule has 0 aromatic heterocycles. The molecule has 74 valence electrons. The SMILES string of the molecule is CCCNC1(N)C=CN(C)C(=O)N1. The molecule has 1 aliphatic rings. The lowest BCUT2D eigenvalue weighted by Crippen LogP contribution is -2.67. The summed E-state index contributed by atoms with van der Waals surface area (Å²) < 4.78 is 0. The molecule has 1 atom stereocenters. The second kappa shape index (κ2) is 3.76. The zero-order chi connectivity index (χ0) is 9.90. The fourth-order valence-corrected chi connectivity index (χ4v) is 1.04. The van der Waals surface area contributed by atoms with Crippen LogP contribution in [0.5, 0.6) is 0 Å². The molecular weight excluding hydrogens is 168 g/mol. The minimum atomic E-state index is -0.889. The molecule has 1 rings (SSSR count). The van der Waals surface area contributed by atoms with E-state index >= 15 is 0 Å². The molecule has 1 heterocycles. The summed E-state index contributed by atoms with van der Waals surface area (Å²) in [7, 11) is 1.67. The summed E-state index contributed by atoms with van der Waals surface area (Å²) in [5, 5.41) is 5.68. The molecule has 0 aliphatic carbocycles. The van der Waals surface area contributed by atoms with Crippen LogP contribution in [0.3, 0.4) is 0 Å². The monoisotopic (exact) mass is 184 g/mol. The lowest BCUT2D eigenvalue weighted by atomic mass is 10.3. The van der Waals surface area contributed by atoms with Gasteiger partial charge < -0.3 is 10.2 Å². The van der Waals surface area contributed by atoms with E-state index in [1.54, 1.807) is 19.3 Å². The van der Waals surface area contributed by atoms with Crippen LogP contribution in [0.25, 0.3) is 0 Å². The Bertz CT molecular complexity index is 228. The van der Waals surface area contributed by atoms with Gasteiger partial charge in [0.2, 0.25) is 0 Å². The summed E-state index contributed by atoms with van der Waals surface area (Å²) in [6.07, 6.45) is 4.35. The Hall–Kier alpha value is -1.07. The molecule has 13 heavy (non-hydrogen) atoms. The van der Waals surface area contributed by atoms with Crippen molar-refractivity contribution in [3.05, 3.63) is 12.3 Å². The minimum Gasteiger partial charge on any atom is -0.304 e. The van der Waals surface area contributed by atoms with Crippen molar-refractivity contribution < 1.29 is 4.79 Å². The van der Waals surface area contributed by atoms with Gasteiger partial charge in [0.15, 0.2) is 5.79 Å². The van der Waals surface area contributed by atoms with Crippen LogP contribution < -0.4 is 16.4 Å². The molecule has 1 aliphatic heterocycles. The number of urea groups is 1. The van der Waals surface area contributed by atoms with E-state index in [1.165, 1.54) is 4.90 Å². The summed E-state index contributed by atoms with van der Waals surface area (Å²) in [5.74, 6) is -0.889. The Morgan fingerprint density at radius 1 is 1.77 bits per heavy atom. The van der Waals surface area contributed by atoms with Crippen LogP contribution in [0.15, 0.2) is 12.3 Å². The lowest BCUT2D eigenvalue weighted by Gasteiger charge is -2.33. The zero-order valence-corrected chi connectivity index (χ0v) is 8.00. The van der Waals surface area contributed by atoms with Crippen molar-refractivity contribution in [1.29, 1.82) is 0 Å². The van der Waals surface area contributed by atoms with Crippen LogP contribution in [0, 0.1) is 0 Å². The smallest absolute Gasteiger partial charge is 0.304 e. The van der Waals surface area contributed by atoms with Gasteiger partial charge in [-0.05, 0) is 19.0 Å². The van der Waals surface area contributed by atoms with Crippen LogP contribution in [-0.2, 0) is 0 Å². The van der Waals surface area contributed by atoms with E-state index in [2.05, 4.69) is 10.6 Å². The molecule has 0 saturated carbocycles. The quantitative estimate of drug-likeness (QED) is 0.530. The third-order valence-corrected chi connectivity index (χ3v) is 1.86. The number of hydrogen-bond donors (Lipinski definition) is 3. The predicted octanol–water partition coefficient (Wildman–Crippen LogP) is -0.233. The molecular formula is C8H16N4O. The van der Waals surface area contributed by atoms with Gasteiger partial charge in [-0.3, -0.25) is 11.1 Å². The maximum absolute atomic E-state index is 11.2. The van der Waals surface area contributed by atoms with Crippen LogP contribution in [0.2, 0.25) is 0 Å². The van der Waals surface area contributed by atoms with Crippen molar-refractivity contribution in [2.75, 3.05) is 13.6 Å². The molecule has 1 unspecified atom stereocenters. The van der Waals surface area contributed by atoms with E-state index in [0.717, 1.165) is 13.0 Å². The first kappa shape index (κ1) is 10.0. The van der Waals surface area contributed by atoms with E-state index in [1.807, 2.05) is 6.92 Å². The van der Waals surface area contributed by atoms with Crippen LogP contribution in [0.1, 0.15) is 13.3 Å². The number of rotatable bonds is 3. The normalized spacial score (nSPS) is 27.6. The van der Waals surface area contributed by atoms with Gasteiger partial charge in [0, 0.05) is 13.2 Å². The van der Waals surface area contributed by atoms with Gasteiger partial charge in [0.1, 0.15) is 0 Å². The molecule has 0 radical (unpaired) electrons. The topological polar surface area (TPSA) is 70.4 Å². The van der Waals surface area contributed by atoms with Crippen molar-refractivity contribution in [3.8, 4) is 0 Å². The second-order valence-corrected chi connectivity index (χ2v) is 3.15. The van der Waals surface area contributed by atoms with Crippen LogP contribution >= 0.6 is 0 Å². The summed E-state index contributed by atoms with van der Waals surface area (Å²) in [4.78, 5) is 12.7. The molecule has 2 amide bonds. The number of nitrogens with two attached hydrogens (primary N) is 1. The van der Waals surface area contributed by atoms with Gasteiger partial charge in [-0.2, -0.15) is 0 Å². The molecule has 0 saturated heterocycles. The number of hydrogen-bond acceptors (Lipinski definition) is 3. The summed E-state index contributed by atoms with van der Waals surface area (Å²) in [6, 6.07) is -0.200. The van der Waals surface area contributed by atoms with Crippen molar-refractivity contribution in [1.82, 2.24) is 15.5 Å². The Labute approximate surface area is 78.0 Å². The molecule has 0 bridgehead atoms. The highest BCUT2D eigenvalue weighted by molar-refractivity contribution is 5.77. The fourth-order valence-electron chi connectivity index (χ4n) is 1.04. The van der Waals surface area contributed by atoms with E-state index in [0.29, 0.717) is 0 Å². The van der Waals surface area contributed by atoms with Crippen molar-refractivity contribution >= 4 is 6.03 Å². The molecule has 5 heteroatoms. The van der Waals surface area contributed by atoms with Gasteiger partial charge in [-0.15, -0.1) is 0 Å². The first-order valence-electron chi connectivity index (χ1n) is 4.35. The van der Waals surface area contributed by atoms with E-state index < -0.39 is 5.79 Å².